The zero-order valence-electron chi connectivity index (χ0n) is 17.5. The van der Waals surface area contributed by atoms with Crippen LogP contribution in [0.25, 0.3) is 11.1 Å². The molecule has 0 fully saturated rings. The summed E-state index contributed by atoms with van der Waals surface area (Å²) in [7, 11) is 0. The molecule has 0 radical (unpaired) electrons. The molecule has 9 nitrogen and oxygen atoms in total. The summed E-state index contributed by atoms with van der Waals surface area (Å²) in [6, 6.07) is 16.2. The highest BCUT2D eigenvalue weighted by atomic mass is 16.5. The molecule has 0 unspecified atom stereocenters. The summed E-state index contributed by atoms with van der Waals surface area (Å²) < 4.78 is 15.4. The first-order chi connectivity index (χ1) is 15.6. The number of hydrogen-bond acceptors (Lipinski definition) is 6. The number of amides is 2. The van der Waals surface area contributed by atoms with E-state index in [-0.39, 0.29) is 51.3 Å². The minimum absolute atomic E-state index is 0.00688. The molecule has 2 aromatic carbocycles. The first-order valence-electron chi connectivity index (χ1n) is 10.3. The standard InChI is InChI=1S/C23H26N2O7/c26-21(24-9-11-31-15-22(27)28)14-30-12-10-25-23(29)32-13-20-18-7-3-1-5-16(18)17-6-2-4-8-19(17)20/h1-8,20H,9-15H2,(H,24,26)(H,25,29)(H,27,28). The fourth-order valence-electron chi connectivity index (χ4n) is 3.51. The van der Waals surface area contributed by atoms with E-state index in [2.05, 4.69) is 34.9 Å². The molecule has 0 bridgehead atoms. The fraction of sp³-hybridized carbons (Fsp3) is 0.348. The Balaban J connectivity index is 1.30. The number of carboxylic acid groups (broad SMARTS) is 1. The molecule has 2 aromatic rings. The second-order valence-corrected chi connectivity index (χ2v) is 7.10. The molecular formula is C23H26N2O7. The zero-order valence-corrected chi connectivity index (χ0v) is 17.5. The minimum atomic E-state index is -1.07. The van der Waals surface area contributed by atoms with Gasteiger partial charge in [-0.15, -0.1) is 0 Å². The van der Waals surface area contributed by atoms with Crippen molar-refractivity contribution in [3.8, 4) is 11.1 Å². The second kappa shape index (κ2) is 11.8. The average Bonchev–Trinajstić information content (AvgIpc) is 3.11. The van der Waals surface area contributed by atoms with Crippen molar-refractivity contribution in [1.29, 1.82) is 0 Å². The maximum absolute atomic E-state index is 12.0. The molecule has 0 aromatic heterocycles. The van der Waals surface area contributed by atoms with Crippen molar-refractivity contribution < 1.29 is 33.7 Å². The Morgan fingerprint density at radius 1 is 0.812 bits per heavy atom. The van der Waals surface area contributed by atoms with Crippen LogP contribution in [0.3, 0.4) is 0 Å². The van der Waals surface area contributed by atoms with Gasteiger partial charge in [-0.2, -0.15) is 0 Å². The van der Waals surface area contributed by atoms with E-state index < -0.39 is 18.7 Å². The first kappa shape index (κ1) is 23.2. The smallest absolute Gasteiger partial charge is 0.407 e. The number of carbonyl (C=O) groups is 3. The highest BCUT2D eigenvalue weighted by Crippen LogP contribution is 2.44. The number of benzene rings is 2. The molecule has 32 heavy (non-hydrogen) atoms. The Bertz CT molecular complexity index is 902. The number of hydrogen-bond donors (Lipinski definition) is 3. The maximum Gasteiger partial charge on any atom is 0.407 e. The van der Waals surface area contributed by atoms with Gasteiger partial charge in [0.1, 0.15) is 19.8 Å². The molecule has 0 aliphatic heterocycles. The van der Waals surface area contributed by atoms with Gasteiger partial charge in [-0.1, -0.05) is 48.5 Å². The molecule has 0 saturated heterocycles. The number of carbonyl (C=O) groups excluding carboxylic acids is 2. The van der Waals surface area contributed by atoms with Gasteiger partial charge < -0.3 is 30.0 Å². The predicted octanol–water partition coefficient (Wildman–Crippen LogP) is 1.76. The lowest BCUT2D eigenvalue weighted by molar-refractivity contribution is -0.142. The molecule has 3 N–H and O–H groups in total. The Hall–Kier alpha value is -3.43. The molecule has 9 heteroatoms. The van der Waals surface area contributed by atoms with Crippen LogP contribution in [-0.2, 0) is 23.8 Å². The third-order valence-electron chi connectivity index (χ3n) is 4.89. The van der Waals surface area contributed by atoms with Crippen molar-refractivity contribution in [2.45, 2.75) is 5.92 Å². The fourth-order valence-corrected chi connectivity index (χ4v) is 3.51. The minimum Gasteiger partial charge on any atom is -0.480 e. The number of carboxylic acids is 1. The molecule has 3 rings (SSSR count). The summed E-state index contributed by atoms with van der Waals surface area (Å²) in [4.78, 5) is 33.9. The number of rotatable bonds is 12. The molecule has 1 aliphatic carbocycles. The van der Waals surface area contributed by atoms with Crippen LogP contribution in [0.5, 0.6) is 0 Å². The highest BCUT2D eigenvalue weighted by molar-refractivity contribution is 5.79. The zero-order chi connectivity index (χ0) is 22.8. The largest absolute Gasteiger partial charge is 0.480 e. The van der Waals surface area contributed by atoms with Crippen LogP contribution in [0, 0.1) is 0 Å². The van der Waals surface area contributed by atoms with E-state index in [0.717, 1.165) is 22.3 Å². The van der Waals surface area contributed by atoms with Crippen molar-refractivity contribution in [3.05, 3.63) is 59.7 Å². The van der Waals surface area contributed by atoms with Gasteiger partial charge in [0.2, 0.25) is 5.91 Å². The summed E-state index contributed by atoms with van der Waals surface area (Å²) in [5.74, 6) is -1.43. The second-order valence-electron chi connectivity index (χ2n) is 7.10. The van der Waals surface area contributed by atoms with E-state index in [9.17, 15) is 14.4 Å². The third kappa shape index (κ3) is 6.53. The summed E-state index contributed by atoms with van der Waals surface area (Å²) in [6.07, 6.45) is -0.546. The van der Waals surface area contributed by atoms with E-state index in [1.807, 2.05) is 24.3 Å². The molecule has 0 saturated carbocycles. The molecule has 0 heterocycles. The first-order valence-corrected chi connectivity index (χ1v) is 10.3. The van der Waals surface area contributed by atoms with Gasteiger partial charge in [0.25, 0.3) is 0 Å². The Morgan fingerprint density at radius 3 is 2.00 bits per heavy atom. The number of ether oxygens (including phenoxy) is 3. The molecule has 0 atom stereocenters. The normalized spacial score (nSPS) is 12.0. The van der Waals surface area contributed by atoms with Crippen LogP contribution in [-0.4, -0.2) is 69.2 Å². The van der Waals surface area contributed by atoms with Crippen molar-refractivity contribution >= 4 is 18.0 Å². The third-order valence-corrected chi connectivity index (χ3v) is 4.89. The van der Waals surface area contributed by atoms with Crippen LogP contribution in [0.4, 0.5) is 4.79 Å². The maximum atomic E-state index is 12.0. The Morgan fingerprint density at radius 2 is 1.38 bits per heavy atom. The van der Waals surface area contributed by atoms with Crippen LogP contribution >= 0.6 is 0 Å². The molecule has 1 aliphatic rings. The predicted molar refractivity (Wildman–Crippen MR) is 115 cm³/mol. The van der Waals surface area contributed by atoms with Gasteiger partial charge in [-0.05, 0) is 22.3 Å². The average molecular weight is 442 g/mol. The summed E-state index contributed by atoms with van der Waals surface area (Å²) in [5, 5.41) is 13.6. The number of nitrogens with one attached hydrogen (secondary N) is 2. The highest BCUT2D eigenvalue weighted by Gasteiger charge is 2.28. The lowest BCUT2D eigenvalue weighted by atomic mass is 9.98. The van der Waals surface area contributed by atoms with Gasteiger partial charge in [-0.3, -0.25) is 4.79 Å². The quantitative estimate of drug-likeness (QED) is 0.428. The summed E-state index contributed by atoms with van der Waals surface area (Å²) in [6.45, 7) is 0.278. The summed E-state index contributed by atoms with van der Waals surface area (Å²) >= 11 is 0. The lowest BCUT2D eigenvalue weighted by Gasteiger charge is -2.14. The van der Waals surface area contributed by atoms with E-state index in [0.29, 0.717) is 0 Å². The molecule has 170 valence electrons. The topological polar surface area (TPSA) is 123 Å². The molecule has 2 amide bonds. The van der Waals surface area contributed by atoms with Crippen molar-refractivity contribution in [3.63, 3.8) is 0 Å². The van der Waals surface area contributed by atoms with Crippen LogP contribution in [0.2, 0.25) is 0 Å². The van der Waals surface area contributed by atoms with Crippen LogP contribution in [0.1, 0.15) is 17.0 Å². The Kier molecular flexibility index (Phi) is 8.59. The van der Waals surface area contributed by atoms with Gasteiger partial charge >= 0.3 is 12.1 Å². The van der Waals surface area contributed by atoms with E-state index in [1.165, 1.54) is 0 Å². The van der Waals surface area contributed by atoms with Gasteiger partial charge in [-0.25, -0.2) is 9.59 Å². The van der Waals surface area contributed by atoms with Crippen LogP contribution in [0.15, 0.2) is 48.5 Å². The SMILES string of the molecule is O=C(O)COCCNC(=O)COCCNC(=O)OCC1c2ccccc2-c2ccccc21. The van der Waals surface area contributed by atoms with Gasteiger partial charge in [0, 0.05) is 19.0 Å². The van der Waals surface area contributed by atoms with Gasteiger partial charge in [0.15, 0.2) is 0 Å². The van der Waals surface area contributed by atoms with Gasteiger partial charge in [0.05, 0.1) is 13.2 Å². The van der Waals surface area contributed by atoms with Crippen molar-refractivity contribution in [2.24, 2.45) is 0 Å². The van der Waals surface area contributed by atoms with Crippen molar-refractivity contribution in [2.75, 3.05) is 46.1 Å². The number of fused-ring (bicyclic) bond motifs is 3. The van der Waals surface area contributed by atoms with E-state index in [1.54, 1.807) is 0 Å². The molecule has 0 spiro atoms. The van der Waals surface area contributed by atoms with Crippen molar-refractivity contribution in [1.82, 2.24) is 10.6 Å². The number of alkyl carbamates (subject to hydrolysis) is 1. The lowest BCUT2D eigenvalue weighted by Crippen LogP contribution is -2.33. The number of aliphatic carboxylic acids is 1. The molecular weight excluding hydrogens is 416 g/mol. The Labute approximate surface area is 185 Å². The summed E-state index contributed by atoms with van der Waals surface area (Å²) in [5.41, 5.74) is 4.61. The monoisotopic (exact) mass is 442 g/mol. The van der Waals surface area contributed by atoms with E-state index >= 15 is 0 Å². The van der Waals surface area contributed by atoms with E-state index in [4.69, 9.17) is 19.3 Å². The van der Waals surface area contributed by atoms with Crippen LogP contribution < -0.4 is 10.6 Å².